The molecular formula is C20H27N5O. The van der Waals surface area contributed by atoms with Crippen LogP contribution in [-0.2, 0) is 6.54 Å². The summed E-state index contributed by atoms with van der Waals surface area (Å²) in [6.45, 7) is 3.66. The number of nitrogens with zero attached hydrogens (tertiary/aromatic N) is 4. The van der Waals surface area contributed by atoms with E-state index in [0.29, 0.717) is 17.7 Å². The molecule has 0 aliphatic carbocycles. The van der Waals surface area contributed by atoms with E-state index < -0.39 is 0 Å². The first-order chi connectivity index (χ1) is 12.5. The van der Waals surface area contributed by atoms with Crippen LogP contribution in [-0.4, -0.2) is 53.1 Å². The number of likely N-dealkylation sites (N-methyl/N-ethyl adjacent to an activating group) is 1. The maximum Gasteiger partial charge on any atom is 0.251 e. The van der Waals surface area contributed by atoms with E-state index in [1.807, 2.05) is 12.1 Å². The topological polar surface area (TPSA) is 67.4 Å². The van der Waals surface area contributed by atoms with Crippen LogP contribution in [0.3, 0.4) is 0 Å². The molecule has 2 aliphatic rings. The van der Waals surface area contributed by atoms with E-state index in [1.54, 1.807) is 12.3 Å². The second-order valence-corrected chi connectivity index (χ2v) is 7.92. The Labute approximate surface area is 154 Å². The van der Waals surface area contributed by atoms with Crippen LogP contribution in [0.4, 0.5) is 5.82 Å². The first-order valence-corrected chi connectivity index (χ1v) is 9.31. The molecule has 2 aromatic rings. The summed E-state index contributed by atoms with van der Waals surface area (Å²) in [4.78, 5) is 21.5. The zero-order chi connectivity index (χ0) is 18.3. The Morgan fingerprint density at radius 3 is 2.85 bits per heavy atom. The number of anilines is 1. The van der Waals surface area contributed by atoms with E-state index in [4.69, 9.17) is 5.73 Å². The SMILES string of the molecule is CN(C)C[C@H]1[C@H]2C[C@H](CN(Cc3cccnc3N)C2)c2cccc(=O)n21. The highest BCUT2D eigenvalue weighted by atomic mass is 16.1. The summed E-state index contributed by atoms with van der Waals surface area (Å²) in [7, 11) is 4.16. The summed E-state index contributed by atoms with van der Waals surface area (Å²) in [5.74, 6) is 1.49. The molecule has 4 heterocycles. The van der Waals surface area contributed by atoms with Crippen molar-refractivity contribution in [2.24, 2.45) is 5.92 Å². The molecule has 4 rings (SSSR count). The minimum absolute atomic E-state index is 0.133. The molecule has 0 radical (unpaired) electrons. The fourth-order valence-corrected chi connectivity index (χ4v) is 4.70. The average Bonchev–Trinajstić information content (AvgIpc) is 2.60. The van der Waals surface area contributed by atoms with Gasteiger partial charge in [-0.1, -0.05) is 12.1 Å². The van der Waals surface area contributed by atoms with Gasteiger partial charge in [-0.25, -0.2) is 4.98 Å². The van der Waals surface area contributed by atoms with Gasteiger partial charge in [-0.15, -0.1) is 0 Å². The van der Waals surface area contributed by atoms with Gasteiger partial charge in [0.2, 0.25) is 0 Å². The second kappa shape index (κ2) is 6.85. The highest BCUT2D eigenvalue weighted by molar-refractivity contribution is 5.38. The Morgan fingerprint density at radius 1 is 1.23 bits per heavy atom. The lowest BCUT2D eigenvalue weighted by atomic mass is 9.78. The summed E-state index contributed by atoms with van der Waals surface area (Å²) in [5, 5.41) is 0. The smallest absolute Gasteiger partial charge is 0.251 e. The fourth-order valence-electron chi connectivity index (χ4n) is 4.70. The van der Waals surface area contributed by atoms with Gasteiger partial charge >= 0.3 is 0 Å². The van der Waals surface area contributed by atoms with Crippen LogP contribution in [0, 0.1) is 5.92 Å². The van der Waals surface area contributed by atoms with E-state index in [-0.39, 0.29) is 11.6 Å². The molecule has 1 saturated heterocycles. The van der Waals surface area contributed by atoms with Crippen LogP contribution in [0.2, 0.25) is 0 Å². The molecule has 1 fully saturated rings. The van der Waals surface area contributed by atoms with Crippen molar-refractivity contribution in [3.63, 3.8) is 0 Å². The van der Waals surface area contributed by atoms with E-state index in [1.165, 1.54) is 5.69 Å². The van der Waals surface area contributed by atoms with Gasteiger partial charge in [-0.05, 0) is 38.6 Å². The van der Waals surface area contributed by atoms with E-state index in [9.17, 15) is 4.79 Å². The van der Waals surface area contributed by atoms with Crippen molar-refractivity contribution in [2.75, 3.05) is 39.5 Å². The molecule has 0 saturated carbocycles. The Morgan fingerprint density at radius 2 is 2.08 bits per heavy atom. The number of piperidine rings is 1. The number of hydrogen-bond donors (Lipinski definition) is 1. The largest absolute Gasteiger partial charge is 0.383 e. The molecule has 0 aromatic carbocycles. The number of hydrogen-bond acceptors (Lipinski definition) is 5. The van der Waals surface area contributed by atoms with Crippen molar-refractivity contribution in [1.82, 2.24) is 19.4 Å². The van der Waals surface area contributed by atoms with E-state index >= 15 is 0 Å². The van der Waals surface area contributed by atoms with Crippen LogP contribution in [0.25, 0.3) is 0 Å². The van der Waals surface area contributed by atoms with Crippen molar-refractivity contribution >= 4 is 5.82 Å². The Bertz CT molecular complexity index is 846. The number of fused-ring (bicyclic) bond motifs is 4. The lowest BCUT2D eigenvalue weighted by Crippen LogP contribution is -2.51. The Balaban J connectivity index is 1.66. The quantitative estimate of drug-likeness (QED) is 0.903. The third-order valence-corrected chi connectivity index (χ3v) is 5.75. The van der Waals surface area contributed by atoms with Crippen LogP contribution in [0.5, 0.6) is 0 Å². The number of nitrogens with two attached hydrogens (primary N) is 1. The molecule has 2 aromatic heterocycles. The number of likely N-dealkylation sites (tertiary alicyclic amines) is 1. The number of aromatic nitrogens is 2. The molecule has 2 N–H and O–H groups in total. The van der Waals surface area contributed by atoms with Gasteiger partial charge in [0, 0.05) is 55.6 Å². The molecule has 138 valence electrons. The van der Waals surface area contributed by atoms with Crippen LogP contribution >= 0.6 is 0 Å². The molecule has 0 spiro atoms. The van der Waals surface area contributed by atoms with Crippen molar-refractivity contribution in [3.05, 3.63) is 58.1 Å². The molecule has 26 heavy (non-hydrogen) atoms. The minimum Gasteiger partial charge on any atom is -0.383 e. The van der Waals surface area contributed by atoms with Crippen LogP contribution in [0.15, 0.2) is 41.3 Å². The molecule has 0 unspecified atom stereocenters. The zero-order valence-electron chi connectivity index (χ0n) is 15.5. The summed E-state index contributed by atoms with van der Waals surface area (Å²) in [5.41, 5.74) is 8.46. The third-order valence-electron chi connectivity index (χ3n) is 5.75. The minimum atomic E-state index is 0.133. The molecule has 2 aliphatic heterocycles. The Hall–Kier alpha value is -2.18. The Kier molecular flexibility index (Phi) is 4.54. The van der Waals surface area contributed by atoms with Crippen LogP contribution < -0.4 is 11.3 Å². The zero-order valence-corrected chi connectivity index (χ0v) is 15.5. The van der Waals surface area contributed by atoms with Gasteiger partial charge in [-0.2, -0.15) is 0 Å². The average molecular weight is 353 g/mol. The lowest BCUT2D eigenvalue weighted by Gasteiger charge is -2.47. The van der Waals surface area contributed by atoms with Gasteiger partial charge < -0.3 is 15.2 Å². The number of nitrogen functional groups attached to an aromatic ring is 1. The lowest BCUT2D eigenvalue weighted by molar-refractivity contribution is 0.0744. The fraction of sp³-hybridized carbons (Fsp3) is 0.500. The van der Waals surface area contributed by atoms with Crippen molar-refractivity contribution in [3.8, 4) is 0 Å². The maximum absolute atomic E-state index is 12.6. The maximum atomic E-state index is 12.6. The van der Waals surface area contributed by atoms with E-state index in [2.05, 4.69) is 45.6 Å². The first kappa shape index (κ1) is 17.2. The first-order valence-electron chi connectivity index (χ1n) is 9.31. The van der Waals surface area contributed by atoms with Gasteiger partial charge in [0.25, 0.3) is 5.56 Å². The monoisotopic (exact) mass is 353 g/mol. The standard InChI is InChI=1S/C20H27N5O/c1-23(2)13-18-16-9-15(17-6-3-7-19(26)25(17)18)11-24(12-16)10-14-5-4-8-22-20(14)21/h3-8,15-16,18H,9-13H2,1-2H3,(H2,21,22)/t15-,16+,18+/m1/s1. The normalized spacial score (nSPS) is 25.3. The van der Waals surface area contributed by atoms with Gasteiger partial charge in [0.15, 0.2) is 0 Å². The highest BCUT2D eigenvalue weighted by Gasteiger charge is 2.40. The molecule has 6 nitrogen and oxygen atoms in total. The van der Waals surface area contributed by atoms with E-state index in [0.717, 1.165) is 38.2 Å². The van der Waals surface area contributed by atoms with Crippen molar-refractivity contribution < 1.29 is 0 Å². The molecule has 2 bridgehead atoms. The number of rotatable bonds is 4. The second-order valence-electron chi connectivity index (χ2n) is 7.92. The van der Waals surface area contributed by atoms with Crippen LogP contribution in [0.1, 0.15) is 29.6 Å². The summed E-state index contributed by atoms with van der Waals surface area (Å²) in [6, 6.07) is 9.95. The summed E-state index contributed by atoms with van der Waals surface area (Å²) in [6.07, 6.45) is 2.89. The predicted molar refractivity (Wildman–Crippen MR) is 103 cm³/mol. The van der Waals surface area contributed by atoms with Gasteiger partial charge in [0.1, 0.15) is 5.82 Å². The predicted octanol–water partition coefficient (Wildman–Crippen LogP) is 1.55. The van der Waals surface area contributed by atoms with Gasteiger partial charge in [0.05, 0.1) is 6.04 Å². The van der Waals surface area contributed by atoms with Crippen molar-refractivity contribution in [2.45, 2.75) is 24.9 Å². The molecule has 6 heteroatoms. The summed E-state index contributed by atoms with van der Waals surface area (Å²) < 4.78 is 2.06. The summed E-state index contributed by atoms with van der Waals surface area (Å²) >= 11 is 0. The number of pyridine rings is 2. The molecule has 0 amide bonds. The van der Waals surface area contributed by atoms with Gasteiger partial charge in [-0.3, -0.25) is 9.69 Å². The highest BCUT2D eigenvalue weighted by Crippen LogP contribution is 2.41. The third kappa shape index (κ3) is 3.15. The van der Waals surface area contributed by atoms with Crippen molar-refractivity contribution in [1.29, 1.82) is 0 Å². The molecule has 3 atom stereocenters. The molecular weight excluding hydrogens is 326 g/mol.